The van der Waals surface area contributed by atoms with Gasteiger partial charge in [0.05, 0.1) is 12.0 Å². The Morgan fingerprint density at radius 3 is 2.34 bits per heavy atom. The van der Waals surface area contributed by atoms with E-state index >= 15 is 0 Å². The standard InChI is InChI=1S/C22H33NO6/c1-15(10-16-8-9-17-18(11-16)29-14-28-17)23(7)20(25)27-13-22(5,6)12-26-19(24)21(2,3)4/h8-9,11,15H,10,12-14H2,1-7H3. The number of hydrogen-bond acceptors (Lipinski definition) is 6. The van der Waals surface area contributed by atoms with Crippen molar-refractivity contribution in [1.29, 1.82) is 0 Å². The second-order valence-electron chi connectivity index (χ2n) is 9.40. The SMILES string of the molecule is CC(Cc1ccc2c(c1)OCO2)N(C)C(=O)OCC(C)(C)COC(=O)C(C)(C)C. The van der Waals surface area contributed by atoms with Crippen LogP contribution in [0.1, 0.15) is 47.1 Å². The molecule has 29 heavy (non-hydrogen) atoms. The average Bonchev–Trinajstić information content (AvgIpc) is 3.10. The van der Waals surface area contributed by atoms with Gasteiger partial charge in [-0.25, -0.2) is 4.79 Å². The number of amides is 1. The van der Waals surface area contributed by atoms with E-state index in [1.165, 1.54) is 0 Å². The van der Waals surface area contributed by atoms with Crippen molar-refractivity contribution in [2.75, 3.05) is 27.1 Å². The Morgan fingerprint density at radius 2 is 1.69 bits per heavy atom. The van der Waals surface area contributed by atoms with Crippen molar-refractivity contribution < 1.29 is 28.5 Å². The van der Waals surface area contributed by atoms with E-state index in [1.807, 2.05) is 39.0 Å². The first-order chi connectivity index (χ1) is 13.4. The van der Waals surface area contributed by atoms with Crippen molar-refractivity contribution in [2.45, 2.75) is 54.0 Å². The van der Waals surface area contributed by atoms with E-state index in [-0.39, 0.29) is 32.0 Å². The normalized spacial score (nSPS) is 14.3. The Balaban J connectivity index is 1.82. The molecule has 1 heterocycles. The number of nitrogens with zero attached hydrogens (tertiary/aromatic N) is 1. The summed E-state index contributed by atoms with van der Waals surface area (Å²) in [4.78, 5) is 26.0. The van der Waals surface area contributed by atoms with Gasteiger partial charge in [-0.15, -0.1) is 0 Å². The zero-order valence-electron chi connectivity index (χ0n) is 18.5. The van der Waals surface area contributed by atoms with E-state index in [4.69, 9.17) is 18.9 Å². The van der Waals surface area contributed by atoms with Crippen LogP contribution < -0.4 is 9.47 Å². The molecule has 0 aliphatic carbocycles. The maximum absolute atomic E-state index is 12.5. The number of carbonyl (C=O) groups excluding carboxylic acids is 2. The summed E-state index contributed by atoms with van der Waals surface area (Å²) in [7, 11) is 1.71. The van der Waals surface area contributed by atoms with Crippen molar-refractivity contribution in [3.63, 3.8) is 0 Å². The maximum Gasteiger partial charge on any atom is 0.409 e. The van der Waals surface area contributed by atoms with E-state index in [0.717, 1.165) is 17.1 Å². The van der Waals surface area contributed by atoms with Gasteiger partial charge >= 0.3 is 12.1 Å². The third-order valence-electron chi connectivity index (χ3n) is 4.71. The second-order valence-corrected chi connectivity index (χ2v) is 9.40. The predicted molar refractivity (Wildman–Crippen MR) is 109 cm³/mol. The lowest BCUT2D eigenvalue weighted by molar-refractivity contribution is -0.156. The Morgan fingerprint density at radius 1 is 1.07 bits per heavy atom. The number of fused-ring (bicyclic) bond motifs is 1. The molecule has 0 fully saturated rings. The van der Waals surface area contributed by atoms with Crippen molar-refractivity contribution >= 4 is 12.1 Å². The van der Waals surface area contributed by atoms with Crippen molar-refractivity contribution in [3.05, 3.63) is 23.8 Å². The number of hydrogen-bond donors (Lipinski definition) is 0. The van der Waals surface area contributed by atoms with E-state index in [9.17, 15) is 9.59 Å². The molecule has 0 radical (unpaired) electrons. The highest BCUT2D eigenvalue weighted by Gasteiger charge is 2.29. The first-order valence-electron chi connectivity index (χ1n) is 9.84. The summed E-state index contributed by atoms with van der Waals surface area (Å²) in [6, 6.07) is 5.72. The van der Waals surface area contributed by atoms with E-state index in [0.29, 0.717) is 6.42 Å². The molecule has 0 spiro atoms. The van der Waals surface area contributed by atoms with E-state index < -0.39 is 16.9 Å². The molecule has 1 amide bonds. The highest BCUT2D eigenvalue weighted by molar-refractivity contribution is 5.75. The highest BCUT2D eigenvalue weighted by Crippen LogP contribution is 2.33. The van der Waals surface area contributed by atoms with E-state index in [2.05, 4.69) is 0 Å². The third kappa shape index (κ3) is 6.54. The summed E-state index contributed by atoms with van der Waals surface area (Å²) >= 11 is 0. The topological polar surface area (TPSA) is 74.3 Å². The molecule has 1 aliphatic rings. The summed E-state index contributed by atoms with van der Waals surface area (Å²) in [5, 5.41) is 0. The van der Waals surface area contributed by atoms with Crippen LogP contribution in [0, 0.1) is 10.8 Å². The van der Waals surface area contributed by atoms with Crippen LogP contribution in [-0.4, -0.2) is 50.1 Å². The number of benzene rings is 1. The molecular weight excluding hydrogens is 374 g/mol. The molecule has 1 aliphatic heterocycles. The summed E-state index contributed by atoms with van der Waals surface area (Å²) in [5.74, 6) is 1.20. The molecule has 0 aromatic heterocycles. The van der Waals surface area contributed by atoms with Gasteiger partial charge in [-0.2, -0.15) is 0 Å². The molecule has 1 atom stereocenters. The van der Waals surface area contributed by atoms with Crippen molar-refractivity contribution in [1.82, 2.24) is 4.90 Å². The maximum atomic E-state index is 12.5. The molecule has 1 aromatic carbocycles. The molecule has 162 valence electrons. The minimum absolute atomic E-state index is 0.0651. The van der Waals surface area contributed by atoms with Crippen LogP contribution in [-0.2, 0) is 20.7 Å². The van der Waals surface area contributed by atoms with Crippen LogP contribution in [0.5, 0.6) is 11.5 Å². The fraction of sp³-hybridized carbons (Fsp3) is 0.636. The summed E-state index contributed by atoms with van der Waals surface area (Å²) in [6.45, 7) is 11.7. The van der Waals surface area contributed by atoms with Gasteiger partial charge < -0.3 is 23.8 Å². The molecule has 2 rings (SSSR count). The zero-order chi connectivity index (χ0) is 21.8. The largest absolute Gasteiger partial charge is 0.465 e. The van der Waals surface area contributed by atoms with Gasteiger partial charge in [0, 0.05) is 18.5 Å². The third-order valence-corrected chi connectivity index (χ3v) is 4.71. The van der Waals surface area contributed by atoms with Crippen LogP contribution in [0.15, 0.2) is 18.2 Å². The van der Waals surface area contributed by atoms with Gasteiger partial charge in [0.25, 0.3) is 0 Å². The van der Waals surface area contributed by atoms with Crippen LogP contribution in [0.25, 0.3) is 0 Å². The van der Waals surface area contributed by atoms with Gasteiger partial charge in [-0.1, -0.05) is 19.9 Å². The second kappa shape index (κ2) is 8.93. The number of likely N-dealkylation sites (N-methyl/N-ethyl adjacent to an activating group) is 1. The Hall–Kier alpha value is -2.44. The van der Waals surface area contributed by atoms with Gasteiger partial charge in [-0.05, 0) is 51.8 Å². The molecule has 7 heteroatoms. The van der Waals surface area contributed by atoms with Crippen LogP contribution in [0.2, 0.25) is 0 Å². The Kier molecular flexibility index (Phi) is 7.03. The summed E-state index contributed by atoms with van der Waals surface area (Å²) < 4.78 is 21.6. The molecule has 1 unspecified atom stereocenters. The van der Waals surface area contributed by atoms with Crippen molar-refractivity contribution in [3.8, 4) is 11.5 Å². The van der Waals surface area contributed by atoms with Crippen LogP contribution in [0.3, 0.4) is 0 Å². The van der Waals surface area contributed by atoms with Crippen LogP contribution in [0.4, 0.5) is 4.79 Å². The molecular formula is C22H33NO6. The first-order valence-corrected chi connectivity index (χ1v) is 9.84. The molecule has 7 nitrogen and oxygen atoms in total. The summed E-state index contributed by atoms with van der Waals surface area (Å²) in [6.07, 6.45) is 0.253. The minimum Gasteiger partial charge on any atom is -0.465 e. The number of rotatable bonds is 7. The van der Waals surface area contributed by atoms with Gasteiger partial charge in [0.2, 0.25) is 6.79 Å². The van der Waals surface area contributed by atoms with Gasteiger partial charge in [0.15, 0.2) is 11.5 Å². The van der Waals surface area contributed by atoms with E-state index in [1.54, 1.807) is 32.7 Å². The molecule has 0 N–H and O–H groups in total. The number of ether oxygens (including phenoxy) is 4. The monoisotopic (exact) mass is 407 g/mol. The summed E-state index contributed by atoms with van der Waals surface area (Å²) in [5.41, 5.74) is 0.0190. The minimum atomic E-state index is -0.558. The predicted octanol–water partition coefficient (Wildman–Crippen LogP) is 4.03. The van der Waals surface area contributed by atoms with Gasteiger partial charge in [0.1, 0.15) is 6.61 Å². The lowest BCUT2D eigenvalue weighted by Crippen LogP contribution is -2.39. The molecule has 0 saturated carbocycles. The van der Waals surface area contributed by atoms with Crippen LogP contribution >= 0.6 is 0 Å². The number of esters is 1. The van der Waals surface area contributed by atoms with Crippen molar-refractivity contribution in [2.24, 2.45) is 10.8 Å². The smallest absolute Gasteiger partial charge is 0.409 e. The fourth-order valence-electron chi connectivity index (χ4n) is 2.60. The molecule has 1 aromatic rings. The fourth-order valence-corrected chi connectivity index (χ4v) is 2.60. The average molecular weight is 408 g/mol. The number of carbonyl (C=O) groups is 2. The lowest BCUT2D eigenvalue weighted by Gasteiger charge is -2.29. The molecule has 0 saturated heterocycles. The molecule has 0 bridgehead atoms. The first kappa shape index (κ1) is 22.8. The Labute approximate surface area is 173 Å². The van der Waals surface area contributed by atoms with Gasteiger partial charge in [-0.3, -0.25) is 4.79 Å². The lowest BCUT2D eigenvalue weighted by atomic mass is 9.95. The Bertz CT molecular complexity index is 737. The zero-order valence-corrected chi connectivity index (χ0v) is 18.5. The highest BCUT2D eigenvalue weighted by atomic mass is 16.7. The quantitative estimate of drug-likeness (QED) is 0.636.